The van der Waals surface area contributed by atoms with E-state index in [9.17, 15) is 0 Å². The van der Waals surface area contributed by atoms with Gasteiger partial charge in [0.1, 0.15) is 0 Å². The van der Waals surface area contributed by atoms with Gasteiger partial charge in [-0.3, -0.25) is 0 Å². The van der Waals surface area contributed by atoms with E-state index < -0.39 is 0 Å². The lowest BCUT2D eigenvalue weighted by Crippen LogP contribution is -1.88. The van der Waals surface area contributed by atoms with E-state index in [0.29, 0.717) is 5.92 Å². The van der Waals surface area contributed by atoms with Crippen LogP contribution in [0.15, 0.2) is 10.6 Å². The zero-order valence-corrected chi connectivity index (χ0v) is 9.82. The Morgan fingerprint density at radius 3 is 3.00 bits per heavy atom. The molecule has 0 bridgehead atoms. The minimum atomic E-state index is 0.548. The van der Waals surface area contributed by atoms with Crippen molar-refractivity contribution in [1.29, 1.82) is 0 Å². The van der Waals surface area contributed by atoms with Crippen LogP contribution in [0, 0.1) is 0 Å². The molecule has 1 aromatic heterocycles. The summed E-state index contributed by atoms with van der Waals surface area (Å²) in [5, 5.41) is 1.19. The largest absolute Gasteiger partial charge is 0.249 e. The highest BCUT2D eigenvalue weighted by Crippen LogP contribution is 2.24. The van der Waals surface area contributed by atoms with Crippen LogP contribution in [0.5, 0.6) is 0 Å². The Balaban J connectivity index is 2.86. The van der Waals surface area contributed by atoms with Crippen molar-refractivity contribution >= 4 is 29.9 Å². The molecule has 0 radical (unpaired) electrons. The van der Waals surface area contributed by atoms with Crippen LogP contribution < -0.4 is 0 Å². The third-order valence-corrected chi connectivity index (χ3v) is 3.70. The van der Waals surface area contributed by atoms with Gasteiger partial charge in [0.15, 0.2) is 0 Å². The number of rotatable bonds is 3. The molecule has 0 aliphatic rings. The van der Waals surface area contributed by atoms with Crippen LogP contribution in [0.2, 0.25) is 0 Å². The van der Waals surface area contributed by atoms with Gasteiger partial charge in [0.05, 0.1) is 15.6 Å². The van der Waals surface area contributed by atoms with Crippen molar-refractivity contribution in [2.24, 2.45) is 4.40 Å². The van der Waals surface area contributed by atoms with Crippen LogP contribution >= 0.6 is 24.2 Å². The lowest BCUT2D eigenvalue weighted by molar-refractivity contribution is 0.726. The summed E-state index contributed by atoms with van der Waals surface area (Å²) in [6.07, 6.45) is 3.01. The summed E-state index contributed by atoms with van der Waals surface area (Å²) < 4.78 is 3.84. The summed E-state index contributed by atoms with van der Waals surface area (Å²) in [5.41, 5.74) is 0.940. The summed E-state index contributed by atoms with van der Waals surface area (Å²) in [6.45, 7) is 6.31. The normalized spacial score (nSPS) is 14.6. The third-order valence-electron chi connectivity index (χ3n) is 2.06. The van der Waals surface area contributed by atoms with Crippen molar-refractivity contribution in [3.05, 3.63) is 16.1 Å². The Morgan fingerprint density at radius 1 is 1.77 bits per heavy atom. The van der Waals surface area contributed by atoms with Crippen LogP contribution in [-0.4, -0.2) is 10.7 Å². The van der Waals surface area contributed by atoms with Crippen molar-refractivity contribution < 1.29 is 0 Å². The predicted octanol–water partition coefficient (Wildman–Crippen LogP) is 3.31. The van der Waals surface area contributed by atoms with E-state index in [1.54, 1.807) is 11.3 Å². The fourth-order valence-electron chi connectivity index (χ4n) is 0.907. The van der Waals surface area contributed by atoms with E-state index in [1.807, 2.05) is 13.1 Å². The third kappa shape index (κ3) is 2.54. The van der Waals surface area contributed by atoms with E-state index in [-0.39, 0.29) is 0 Å². The molecule has 1 unspecified atom stereocenters. The van der Waals surface area contributed by atoms with E-state index >= 15 is 0 Å². The first kappa shape index (κ1) is 10.7. The van der Waals surface area contributed by atoms with Gasteiger partial charge in [-0.15, -0.1) is 11.3 Å². The molecule has 0 fully saturated rings. The van der Waals surface area contributed by atoms with Crippen LogP contribution in [0.25, 0.3) is 0 Å². The summed E-state index contributed by atoms with van der Waals surface area (Å²) in [7, 11) is 0. The van der Waals surface area contributed by atoms with Gasteiger partial charge in [0.2, 0.25) is 0 Å². The van der Waals surface area contributed by atoms with Crippen LogP contribution in [0.4, 0.5) is 0 Å². The minimum Gasteiger partial charge on any atom is -0.249 e. The maximum absolute atomic E-state index is 4.36. The maximum Gasteiger partial charge on any atom is 0.0959 e. The van der Waals surface area contributed by atoms with Gasteiger partial charge in [-0.25, -0.2) is 9.38 Å². The van der Waals surface area contributed by atoms with E-state index in [1.165, 1.54) is 5.01 Å². The molecule has 2 nitrogen and oxygen atoms in total. The molecular formula is C9H14N2S2. The SMILES string of the molecule is CCC(C)c1ncc(C(C)=NS)s1. The zero-order chi connectivity index (χ0) is 9.84. The monoisotopic (exact) mass is 214 g/mol. The first-order valence-electron chi connectivity index (χ1n) is 4.33. The van der Waals surface area contributed by atoms with Gasteiger partial charge >= 0.3 is 0 Å². The van der Waals surface area contributed by atoms with Crippen LogP contribution in [-0.2, 0) is 0 Å². The Bertz CT molecular complexity index is 304. The van der Waals surface area contributed by atoms with E-state index in [2.05, 4.69) is 36.0 Å². The average Bonchev–Trinajstić information content (AvgIpc) is 2.64. The average molecular weight is 214 g/mol. The molecule has 1 heterocycles. The molecule has 4 heteroatoms. The minimum absolute atomic E-state index is 0.548. The smallest absolute Gasteiger partial charge is 0.0959 e. The second-order valence-corrected chi connectivity index (χ2v) is 4.32. The quantitative estimate of drug-likeness (QED) is 0.606. The molecule has 0 amide bonds. The van der Waals surface area contributed by atoms with Gasteiger partial charge in [-0.1, -0.05) is 13.8 Å². The fraction of sp³-hybridized carbons (Fsp3) is 0.556. The lowest BCUT2D eigenvalue weighted by Gasteiger charge is -2.01. The number of nitrogens with zero attached hydrogens (tertiary/aromatic N) is 2. The van der Waals surface area contributed by atoms with E-state index in [0.717, 1.165) is 17.0 Å². The Morgan fingerprint density at radius 2 is 2.46 bits per heavy atom. The highest BCUT2D eigenvalue weighted by atomic mass is 32.1. The standard InChI is InChI=1S/C9H14N2S2/c1-4-6(2)9-10-5-8(13-9)7(3)11-12/h5-6,12H,4H2,1-3H3. The summed E-state index contributed by atoms with van der Waals surface area (Å²) in [6, 6.07) is 0. The first-order chi connectivity index (χ1) is 6.19. The van der Waals surface area contributed by atoms with Gasteiger partial charge < -0.3 is 0 Å². The molecule has 0 spiro atoms. The van der Waals surface area contributed by atoms with Crippen molar-refractivity contribution in [2.75, 3.05) is 0 Å². The molecule has 1 atom stereocenters. The highest BCUT2D eigenvalue weighted by molar-refractivity contribution is 7.79. The molecule has 0 aromatic carbocycles. The molecule has 0 N–H and O–H groups in total. The van der Waals surface area contributed by atoms with Crippen molar-refractivity contribution in [3.8, 4) is 0 Å². The molecule has 1 aromatic rings. The first-order valence-corrected chi connectivity index (χ1v) is 5.55. The zero-order valence-electron chi connectivity index (χ0n) is 8.11. The molecule has 0 aliphatic heterocycles. The summed E-state index contributed by atoms with van der Waals surface area (Å²) in [5.74, 6) is 0.548. The van der Waals surface area contributed by atoms with Crippen LogP contribution in [0.3, 0.4) is 0 Å². The number of thiazole rings is 1. The van der Waals surface area contributed by atoms with E-state index in [4.69, 9.17) is 0 Å². The topological polar surface area (TPSA) is 25.2 Å². The number of hydrogen-bond acceptors (Lipinski definition) is 4. The van der Waals surface area contributed by atoms with Gasteiger partial charge in [-0.2, -0.15) is 0 Å². The molecule has 13 heavy (non-hydrogen) atoms. The Hall–Kier alpha value is -0.350. The lowest BCUT2D eigenvalue weighted by atomic mass is 10.1. The van der Waals surface area contributed by atoms with Gasteiger partial charge in [0, 0.05) is 12.1 Å². The maximum atomic E-state index is 4.36. The molecule has 0 aliphatic carbocycles. The van der Waals surface area contributed by atoms with Crippen LogP contribution in [0.1, 0.15) is 43.0 Å². The molecule has 0 saturated carbocycles. The van der Waals surface area contributed by atoms with Gasteiger partial charge in [0.25, 0.3) is 0 Å². The van der Waals surface area contributed by atoms with Crippen molar-refractivity contribution in [2.45, 2.75) is 33.1 Å². The fourth-order valence-corrected chi connectivity index (χ4v) is 2.08. The molecular weight excluding hydrogens is 200 g/mol. The van der Waals surface area contributed by atoms with Crippen molar-refractivity contribution in [1.82, 2.24) is 4.98 Å². The Labute approximate surface area is 88.7 Å². The highest BCUT2D eigenvalue weighted by Gasteiger charge is 2.09. The molecule has 72 valence electrons. The predicted molar refractivity (Wildman–Crippen MR) is 62.0 cm³/mol. The second kappa shape index (κ2) is 4.77. The van der Waals surface area contributed by atoms with Gasteiger partial charge in [-0.05, 0) is 26.2 Å². The summed E-state index contributed by atoms with van der Waals surface area (Å²) in [4.78, 5) is 5.48. The summed E-state index contributed by atoms with van der Waals surface area (Å²) >= 11 is 5.59. The number of aromatic nitrogens is 1. The number of thiol groups is 1. The Kier molecular flexibility index (Phi) is 3.93. The van der Waals surface area contributed by atoms with Crippen molar-refractivity contribution in [3.63, 3.8) is 0 Å². The number of hydrogen-bond donors (Lipinski definition) is 1. The molecule has 1 rings (SSSR count). The molecule has 0 saturated heterocycles. The second-order valence-electron chi connectivity index (χ2n) is 3.06.